The summed E-state index contributed by atoms with van der Waals surface area (Å²) in [5.74, 6) is 4.29. The number of hydrogen-bond donors (Lipinski definition) is 2. The van der Waals surface area contributed by atoms with E-state index in [2.05, 4.69) is 5.32 Å². The van der Waals surface area contributed by atoms with Crippen molar-refractivity contribution in [3.05, 3.63) is 0 Å². The first-order chi connectivity index (χ1) is 11.1. The first-order valence-electron chi connectivity index (χ1n) is 10.2. The van der Waals surface area contributed by atoms with E-state index in [-0.39, 0.29) is 17.8 Å². The van der Waals surface area contributed by atoms with Gasteiger partial charge in [0.05, 0.1) is 0 Å². The Labute approximate surface area is 152 Å². The Bertz CT molecular complexity index is 459. The lowest BCUT2D eigenvalue weighted by atomic mass is 9.49. The Kier molecular flexibility index (Phi) is 4.40. The molecule has 4 heteroatoms. The molecule has 6 bridgehead atoms. The molecule has 6 fully saturated rings. The first kappa shape index (κ1) is 17.1. The monoisotopic (exact) mass is 352 g/mol. The molecule has 1 amide bonds. The second kappa shape index (κ2) is 6.16. The molecule has 0 aromatic rings. The molecule has 6 saturated carbocycles. The van der Waals surface area contributed by atoms with Crippen molar-refractivity contribution in [3.8, 4) is 0 Å². The second-order valence-corrected chi connectivity index (χ2v) is 9.88. The Balaban J connectivity index is 0.00000146. The van der Waals surface area contributed by atoms with Crippen LogP contribution in [0.1, 0.15) is 70.6 Å². The summed E-state index contributed by atoms with van der Waals surface area (Å²) < 4.78 is 0. The number of carbonyl (C=O) groups is 1. The highest BCUT2D eigenvalue weighted by Crippen LogP contribution is 2.60. The number of halogens is 1. The maximum absolute atomic E-state index is 13.3. The van der Waals surface area contributed by atoms with Gasteiger partial charge in [-0.1, -0.05) is 6.42 Å². The SMILES string of the molecule is Cl.NC1CC2CCCC(C1)C2NC(=O)C12CC3CC(CC(C3)C1)C2. The fourth-order valence-corrected chi connectivity index (χ4v) is 7.72. The molecular formula is C20H33ClN2O. The largest absolute Gasteiger partial charge is 0.352 e. The molecule has 136 valence electrons. The second-order valence-electron chi connectivity index (χ2n) is 9.88. The van der Waals surface area contributed by atoms with Gasteiger partial charge in [-0.15, -0.1) is 12.4 Å². The van der Waals surface area contributed by atoms with E-state index in [1.165, 1.54) is 57.8 Å². The summed E-state index contributed by atoms with van der Waals surface area (Å²) in [4.78, 5) is 13.3. The molecule has 6 rings (SSSR count). The standard InChI is InChI=1S/C20H32N2O.ClH/c21-17-7-15-2-1-3-16(8-17)18(15)22-19(23)20-9-12-4-13(10-20)6-14(5-12)11-20;/h12-18H,1-11,21H2,(H,22,23);1H. The van der Waals surface area contributed by atoms with E-state index in [1.54, 1.807) is 0 Å². The van der Waals surface area contributed by atoms with Gasteiger partial charge in [0, 0.05) is 17.5 Å². The van der Waals surface area contributed by atoms with Crippen molar-refractivity contribution in [2.24, 2.45) is 40.7 Å². The molecule has 3 nitrogen and oxygen atoms in total. The highest BCUT2D eigenvalue weighted by atomic mass is 35.5. The minimum absolute atomic E-state index is 0. The molecular weight excluding hydrogens is 320 g/mol. The van der Waals surface area contributed by atoms with Gasteiger partial charge in [0.15, 0.2) is 0 Å². The molecule has 3 N–H and O–H groups in total. The van der Waals surface area contributed by atoms with Crippen molar-refractivity contribution < 1.29 is 4.79 Å². The summed E-state index contributed by atoms with van der Waals surface area (Å²) in [7, 11) is 0. The number of amides is 1. The van der Waals surface area contributed by atoms with E-state index in [4.69, 9.17) is 5.73 Å². The highest BCUT2D eigenvalue weighted by molar-refractivity contribution is 5.85. The zero-order chi connectivity index (χ0) is 15.6. The van der Waals surface area contributed by atoms with Crippen molar-refractivity contribution in [1.29, 1.82) is 0 Å². The van der Waals surface area contributed by atoms with Gasteiger partial charge in [-0.3, -0.25) is 4.79 Å². The summed E-state index contributed by atoms with van der Waals surface area (Å²) in [6.45, 7) is 0. The average Bonchev–Trinajstić information content (AvgIpc) is 2.46. The van der Waals surface area contributed by atoms with Crippen molar-refractivity contribution >= 4 is 18.3 Å². The summed E-state index contributed by atoms with van der Waals surface area (Å²) in [6.07, 6.45) is 13.9. The van der Waals surface area contributed by atoms with Crippen LogP contribution < -0.4 is 11.1 Å². The summed E-state index contributed by atoms with van der Waals surface area (Å²) in [5.41, 5.74) is 6.27. The molecule has 0 spiro atoms. The molecule has 0 radical (unpaired) electrons. The van der Waals surface area contributed by atoms with Gasteiger partial charge in [-0.25, -0.2) is 0 Å². The first-order valence-corrected chi connectivity index (χ1v) is 10.2. The van der Waals surface area contributed by atoms with Crippen molar-refractivity contribution in [2.75, 3.05) is 0 Å². The molecule has 0 saturated heterocycles. The van der Waals surface area contributed by atoms with Crippen LogP contribution in [-0.2, 0) is 4.79 Å². The Morgan fingerprint density at radius 1 is 0.875 bits per heavy atom. The molecule has 0 aromatic carbocycles. The zero-order valence-corrected chi connectivity index (χ0v) is 15.5. The van der Waals surface area contributed by atoms with Crippen LogP contribution in [0.5, 0.6) is 0 Å². The summed E-state index contributed by atoms with van der Waals surface area (Å²) >= 11 is 0. The normalized spacial score (nSPS) is 51.8. The molecule has 6 aliphatic rings. The predicted molar refractivity (Wildman–Crippen MR) is 97.8 cm³/mol. The maximum Gasteiger partial charge on any atom is 0.226 e. The third kappa shape index (κ3) is 2.70. The molecule has 0 aliphatic heterocycles. The number of nitrogens with two attached hydrogens (primary N) is 1. The number of hydrogen-bond acceptors (Lipinski definition) is 2. The Morgan fingerprint density at radius 2 is 1.38 bits per heavy atom. The molecule has 0 aromatic heterocycles. The third-order valence-corrected chi connectivity index (χ3v) is 8.19. The van der Waals surface area contributed by atoms with Gasteiger partial charge in [-0.2, -0.15) is 0 Å². The lowest BCUT2D eigenvalue weighted by molar-refractivity contribution is -0.148. The molecule has 6 aliphatic carbocycles. The summed E-state index contributed by atoms with van der Waals surface area (Å²) in [6, 6.07) is 0.807. The average molecular weight is 353 g/mol. The molecule has 24 heavy (non-hydrogen) atoms. The van der Waals surface area contributed by atoms with Crippen molar-refractivity contribution in [2.45, 2.75) is 82.7 Å². The van der Waals surface area contributed by atoms with E-state index in [9.17, 15) is 4.79 Å². The van der Waals surface area contributed by atoms with Gasteiger partial charge >= 0.3 is 0 Å². The minimum Gasteiger partial charge on any atom is -0.352 e. The number of fused-ring (bicyclic) bond motifs is 2. The van der Waals surface area contributed by atoms with Crippen LogP contribution in [0.25, 0.3) is 0 Å². The molecule has 2 unspecified atom stereocenters. The quantitative estimate of drug-likeness (QED) is 0.797. The van der Waals surface area contributed by atoms with Crippen LogP contribution in [0.15, 0.2) is 0 Å². The van der Waals surface area contributed by atoms with Gasteiger partial charge in [0.1, 0.15) is 0 Å². The zero-order valence-electron chi connectivity index (χ0n) is 14.7. The van der Waals surface area contributed by atoms with E-state index < -0.39 is 0 Å². The van der Waals surface area contributed by atoms with E-state index >= 15 is 0 Å². The van der Waals surface area contributed by atoms with Gasteiger partial charge in [-0.05, 0) is 93.8 Å². The van der Waals surface area contributed by atoms with E-state index in [0.29, 0.717) is 29.8 Å². The highest BCUT2D eigenvalue weighted by Gasteiger charge is 2.55. The number of rotatable bonds is 2. The van der Waals surface area contributed by atoms with E-state index in [1.807, 2.05) is 0 Å². The summed E-state index contributed by atoms with van der Waals surface area (Å²) in [5, 5.41) is 3.60. The number of nitrogens with one attached hydrogen (secondary N) is 1. The fraction of sp³-hybridized carbons (Fsp3) is 0.950. The molecule has 0 heterocycles. The minimum atomic E-state index is 0. The predicted octanol–water partition coefficient (Wildman–Crippen LogP) is 3.65. The van der Waals surface area contributed by atoms with Crippen LogP contribution in [0.3, 0.4) is 0 Å². The fourth-order valence-electron chi connectivity index (χ4n) is 7.72. The molecule has 2 atom stereocenters. The number of carbonyl (C=O) groups excluding carboxylic acids is 1. The van der Waals surface area contributed by atoms with Crippen LogP contribution in [0, 0.1) is 35.0 Å². The van der Waals surface area contributed by atoms with Gasteiger partial charge < -0.3 is 11.1 Å². The maximum atomic E-state index is 13.3. The smallest absolute Gasteiger partial charge is 0.226 e. The van der Waals surface area contributed by atoms with E-state index in [0.717, 1.165) is 30.6 Å². The van der Waals surface area contributed by atoms with Gasteiger partial charge in [0.25, 0.3) is 0 Å². The van der Waals surface area contributed by atoms with Crippen molar-refractivity contribution in [3.63, 3.8) is 0 Å². The topological polar surface area (TPSA) is 55.1 Å². The lowest BCUT2D eigenvalue weighted by Crippen LogP contribution is -2.59. The third-order valence-electron chi connectivity index (χ3n) is 8.19. The lowest BCUT2D eigenvalue weighted by Gasteiger charge is -2.56. The Hall–Kier alpha value is -0.280. The van der Waals surface area contributed by atoms with Gasteiger partial charge in [0.2, 0.25) is 5.91 Å². The van der Waals surface area contributed by atoms with Crippen LogP contribution >= 0.6 is 12.4 Å². The Morgan fingerprint density at radius 3 is 1.88 bits per heavy atom. The van der Waals surface area contributed by atoms with Crippen LogP contribution in [0.2, 0.25) is 0 Å². The van der Waals surface area contributed by atoms with Crippen LogP contribution in [-0.4, -0.2) is 18.0 Å². The van der Waals surface area contributed by atoms with Crippen LogP contribution in [0.4, 0.5) is 0 Å². The van der Waals surface area contributed by atoms with Crippen molar-refractivity contribution in [1.82, 2.24) is 5.32 Å².